The molecule has 2 aliphatic heterocycles. The van der Waals surface area contributed by atoms with Crippen LogP contribution < -0.4 is 10.7 Å². The van der Waals surface area contributed by atoms with Crippen LogP contribution in [0.1, 0.15) is 58.7 Å². The Morgan fingerprint density at radius 3 is 2.72 bits per heavy atom. The van der Waals surface area contributed by atoms with Crippen LogP contribution >= 0.6 is 11.6 Å². The van der Waals surface area contributed by atoms with Crippen LogP contribution in [0.25, 0.3) is 16.5 Å². The smallest absolute Gasteiger partial charge is 0.356 e. The first-order valence-electron chi connectivity index (χ1n) is 12.9. The van der Waals surface area contributed by atoms with E-state index >= 15 is 0 Å². The van der Waals surface area contributed by atoms with Crippen LogP contribution in [0.4, 0.5) is 5.69 Å². The van der Waals surface area contributed by atoms with Gasteiger partial charge in [0.2, 0.25) is 5.91 Å². The van der Waals surface area contributed by atoms with Crippen molar-refractivity contribution in [2.45, 2.75) is 39.7 Å². The van der Waals surface area contributed by atoms with Gasteiger partial charge in [0.05, 0.1) is 29.6 Å². The first-order chi connectivity index (χ1) is 18.6. The molecule has 1 amide bonds. The van der Waals surface area contributed by atoms with Gasteiger partial charge < -0.3 is 24.5 Å². The number of benzene rings is 1. The van der Waals surface area contributed by atoms with Gasteiger partial charge in [-0.25, -0.2) is 9.78 Å². The summed E-state index contributed by atoms with van der Waals surface area (Å²) in [5.41, 5.74) is 3.42. The van der Waals surface area contributed by atoms with Gasteiger partial charge in [0.1, 0.15) is 16.5 Å². The minimum atomic E-state index is -1.21. The van der Waals surface area contributed by atoms with Gasteiger partial charge in [0.25, 0.3) is 0 Å². The third-order valence-corrected chi connectivity index (χ3v) is 7.60. The van der Waals surface area contributed by atoms with Gasteiger partial charge in [-0.1, -0.05) is 23.7 Å². The molecular weight excluding hydrogens is 522 g/mol. The number of ether oxygens (including phenoxy) is 1. The number of halogens is 1. The molecule has 204 valence electrons. The Balaban J connectivity index is 1.51. The first kappa shape index (κ1) is 26.9. The number of fused-ring (bicyclic) bond motifs is 1. The molecule has 2 aliphatic rings. The number of carbonyl (C=O) groups excluding carboxylic acids is 1. The second kappa shape index (κ2) is 10.8. The van der Waals surface area contributed by atoms with Gasteiger partial charge in [-0.3, -0.25) is 9.59 Å². The number of aromatic carboxylic acids is 1. The molecule has 10 heteroatoms. The predicted octanol–water partition coefficient (Wildman–Crippen LogP) is 4.98. The Morgan fingerprint density at radius 1 is 1.26 bits per heavy atom. The van der Waals surface area contributed by atoms with E-state index in [1.165, 1.54) is 6.07 Å². The molecule has 3 aromatic rings. The zero-order valence-corrected chi connectivity index (χ0v) is 22.8. The normalized spacial score (nSPS) is 18.2. The third-order valence-electron chi connectivity index (χ3n) is 7.39. The van der Waals surface area contributed by atoms with Crippen LogP contribution in [0, 0.1) is 19.8 Å². The lowest BCUT2D eigenvalue weighted by Crippen LogP contribution is -2.39. The van der Waals surface area contributed by atoms with Crippen LogP contribution in [0.3, 0.4) is 0 Å². The molecule has 39 heavy (non-hydrogen) atoms. The van der Waals surface area contributed by atoms with E-state index in [1.807, 2.05) is 30.9 Å². The molecule has 0 unspecified atom stereocenters. The number of pyridine rings is 1. The number of rotatable bonds is 6. The Morgan fingerprint density at radius 2 is 2.05 bits per heavy atom. The Hall–Kier alpha value is -3.69. The molecule has 4 heterocycles. The summed E-state index contributed by atoms with van der Waals surface area (Å²) in [5, 5.41) is 13.3. The van der Waals surface area contributed by atoms with Crippen molar-refractivity contribution in [3.63, 3.8) is 0 Å². The number of nitrogens with zero attached hydrogens (tertiary/aromatic N) is 2. The lowest BCUT2D eigenvalue weighted by atomic mass is 9.96. The fraction of sp³-hybridized carbons (Fsp3) is 0.379. The highest BCUT2D eigenvalue weighted by Gasteiger charge is 2.30. The molecule has 0 aliphatic carbocycles. The summed E-state index contributed by atoms with van der Waals surface area (Å²) in [6.07, 6.45) is 3.28. The van der Waals surface area contributed by atoms with E-state index in [2.05, 4.69) is 10.3 Å². The van der Waals surface area contributed by atoms with E-state index in [0.29, 0.717) is 66.3 Å². The maximum atomic E-state index is 13.5. The minimum Gasteiger partial charge on any atom is -0.476 e. The highest BCUT2D eigenvalue weighted by atomic mass is 35.5. The van der Waals surface area contributed by atoms with Crippen molar-refractivity contribution in [2.24, 2.45) is 5.92 Å². The van der Waals surface area contributed by atoms with E-state index < -0.39 is 12.0 Å². The second-order valence-electron chi connectivity index (χ2n) is 10.1. The van der Waals surface area contributed by atoms with Gasteiger partial charge >= 0.3 is 5.97 Å². The number of hydrogen-bond acceptors (Lipinski definition) is 7. The second-order valence-corrected chi connectivity index (χ2v) is 10.5. The first-order valence-corrected chi connectivity index (χ1v) is 13.3. The fourth-order valence-corrected chi connectivity index (χ4v) is 5.43. The van der Waals surface area contributed by atoms with Crippen molar-refractivity contribution in [3.05, 3.63) is 73.9 Å². The van der Waals surface area contributed by atoms with Gasteiger partial charge in [-0.2, -0.15) is 0 Å². The molecule has 0 bridgehead atoms. The fourth-order valence-electron chi connectivity index (χ4n) is 5.28. The van der Waals surface area contributed by atoms with Gasteiger partial charge in [0.15, 0.2) is 11.1 Å². The van der Waals surface area contributed by atoms with E-state index in [4.69, 9.17) is 20.8 Å². The lowest BCUT2D eigenvalue weighted by Gasteiger charge is -2.28. The molecule has 0 saturated carbocycles. The molecule has 1 aromatic carbocycles. The highest BCUT2D eigenvalue weighted by molar-refractivity contribution is 6.29. The summed E-state index contributed by atoms with van der Waals surface area (Å²) in [5.74, 6) is -0.671. The molecule has 0 spiro atoms. The highest BCUT2D eigenvalue weighted by Crippen LogP contribution is 2.33. The Kier molecular flexibility index (Phi) is 7.46. The number of aryl methyl sites for hydroxylation is 1. The number of amides is 1. The average Bonchev–Trinajstić information content (AvgIpc) is 3.46. The number of carboxylic acid groups (broad SMARTS) is 1. The van der Waals surface area contributed by atoms with Crippen LogP contribution in [0.2, 0.25) is 5.15 Å². The monoisotopic (exact) mass is 551 g/mol. The predicted molar refractivity (Wildman–Crippen MR) is 148 cm³/mol. The molecule has 2 atom stereocenters. The maximum absolute atomic E-state index is 13.5. The number of anilines is 1. The third kappa shape index (κ3) is 5.29. The average molecular weight is 552 g/mol. The van der Waals surface area contributed by atoms with Gasteiger partial charge in [0, 0.05) is 30.8 Å². The van der Waals surface area contributed by atoms with Crippen molar-refractivity contribution in [1.29, 1.82) is 0 Å². The van der Waals surface area contributed by atoms with Crippen molar-refractivity contribution in [1.82, 2.24) is 9.88 Å². The zero-order chi connectivity index (χ0) is 27.8. The molecule has 5 rings (SSSR count). The van der Waals surface area contributed by atoms with Crippen LogP contribution in [-0.4, -0.2) is 53.2 Å². The molecular formula is C29H30ClN3O6. The summed E-state index contributed by atoms with van der Waals surface area (Å²) in [4.78, 5) is 43.8. The van der Waals surface area contributed by atoms with E-state index in [1.54, 1.807) is 19.1 Å². The summed E-state index contributed by atoms with van der Waals surface area (Å²) >= 11 is 5.91. The van der Waals surface area contributed by atoms with Crippen molar-refractivity contribution < 1.29 is 23.8 Å². The molecule has 9 nitrogen and oxygen atoms in total. The quantitative estimate of drug-likeness (QED) is 0.411. The lowest BCUT2D eigenvalue weighted by molar-refractivity contribution is -0.135. The van der Waals surface area contributed by atoms with E-state index in [0.717, 1.165) is 17.6 Å². The van der Waals surface area contributed by atoms with Crippen LogP contribution in [0.5, 0.6) is 0 Å². The summed E-state index contributed by atoms with van der Waals surface area (Å²) in [6.45, 7) is 7.61. The molecule has 1 fully saturated rings. The van der Waals surface area contributed by atoms with Crippen LogP contribution in [0.15, 0.2) is 39.6 Å². The Bertz CT molecular complexity index is 1560. The topological polar surface area (TPSA) is 122 Å². The molecule has 0 radical (unpaired) electrons. The summed E-state index contributed by atoms with van der Waals surface area (Å²) in [6, 6.07) is 6.39. The molecule has 2 aromatic heterocycles. The number of hydrogen-bond donors (Lipinski definition) is 2. The van der Waals surface area contributed by atoms with Crippen molar-refractivity contribution in [2.75, 3.05) is 31.6 Å². The number of aromatic nitrogens is 1. The van der Waals surface area contributed by atoms with Gasteiger partial charge in [-0.15, -0.1) is 0 Å². The number of nitrogens with one attached hydrogen (secondary N) is 1. The zero-order valence-electron chi connectivity index (χ0n) is 22.0. The minimum absolute atomic E-state index is 0.0790. The van der Waals surface area contributed by atoms with Crippen LogP contribution in [-0.2, 0) is 9.53 Å². The van der Waals surface area contributed by atoms with Crippen molar-refractivity contribution >= 4 is 45.7 Å². The van der Waals surface area contributed by atoms with E-state index in [9.17, 15) is 19.5 Å². The summed E-state index contributed by atoms with van der Waals surface area (Å²) < 4.78 is 11.8. The Labute approximate surface area is 230 Å². The number of carboxylic acids is 1. The largest absolute Gasteiger partial charge is 0.476 e. The molecule has 2 N–H and O–H groups in total. The SMILES string of the molecule is Cc1cc([C@@H](C)Nc2ccc(Cl)nc2C(=O)O)c2oc(C3=CCN(C(=O)[C@@H]4CCOC4)CC3)c(C)c(=O)c2c1. The standard InChI is InChI=1S/C29H30ClN3O6/c1-15-12-20(17(3)31-22-4-5-23(30)32-24(22)29(36)37)27-21(13-15)25(34)16(2)26(39-27)18-6-9-33(10-7-18)28(35)19-8-11-38-14-19/h4-6,12-13,17,19,31H,7-11,14H2,1-3H3,(H,36,37)/t17-,19-/m1/s1. The number of carbonyl (C=O) groups is 2. The van der Waals surface area contributed by atoms with Crippen molar-refractivity contribution in [3.8, 4) is 0 Å². The van der Waals surface area contributed by atoms with E-state index in [-0.39, 0.29) is 28.1 Å². The molecule has 1 saturated heterocycles. The van der Waals surface area contributed by atoms with Gasteiger partial charge in [-0.05, 0) is 62.9 Å². The maximum Gasteiger partial charge on any atom is 0.356 e. The summed E-state index contributed by atoms with van der Waals surface area (Å²) in [7, 11) is 0.